The van der Waals surface area contributed by atoms with E-state index in [1.807, 2.05) is 0 Å². The first-order valence-corrected chi connectivity index (χ1v) is 31.0. The summed E-state index contributed by atoms with van der Waals surface area (Å²) in [5, 5.41) is 16.8. The molecule has 0 bridgehead atoms. The van der Waals surface area contributed by atoms with Crippen molar-refractivity contribution < 1.29 is 21.1 Å². The second-order valence-electron chi connectivity index (χ2n) is 17.4. The van der Waals surface area contributed by atoms with Crippen LogP contribution in [0.2, 0.25) is 0 Å². The molecule has 0 aliphatic heterocycles. The molecule has 0 spiro atoms. The molecule has 0 unspecified atom stereocenters. The Hall–Kier alpha value is -6.95. The number of hydrogen-bond donors (Lipinski definition) is 0. The fourth-order valence-corrected chi connectivity index (χ4v) is 17.9. The largest absolute Gasteiger partial charge is 2.00 e. The minimum Gasteiger partial charge on any atom is -0.0622 e. The van der Waals surface area contributed by atoms with E-state index in [-0.39, 0.29) is 21.1 Å². The van der Waals surface area contributed by atoms with E-state index < -0.39 is 31.7 Å². The number of rotatable bonds is 12. The molecule has 0 aromatic heterocycles. The van der Waals surface area contributed by atoms with Crippen LogP contribution >= 0.6 is 31.7 Å². The van der Waals surface area contributed by atoms with Crippen molar-refractivity contribution in [1.29, 1.82) is 0 Å². The molecule has 0 fully saturated rings. The minimum atomic E-state index is -0.446. The Kier molecular flexibility index (Phi) is 22.9. The van der Waals surface area contributed by atoms with Gasteiger partial charge in [0.2, 0.25) is 0 Å². The molecule has 376 valence electrons. The Morgan fingerprint density at radius 2 is 0.169 bits per heavy atom. The molecule has 0 aliphatic carbocycles. The summed E-state index contributed by atoms with van der Waals surface area (Å²) in [4.78, 5) is 0. The molecule has 5 heteroatoms. The topological polar surface area (TPSA) is 0 Å². The zero-order valence-corrected chi connectivity index (χ0v) is 48.6. The maximum atomic E-state index is 2.23. The van der Waals surface area contributed by atoms with E-state index >= 15 is 0 Å². The number of benzene rings is 12. The summed E-state index contributed by atoms with van der Waals surface area (Å²) in [6.07, 6.45) is 0. The average molecular weight is 1240 g/mol. The van der Waals surface area contributed by atoms with Gasteiger partial charge in [0, 0.05) is 0 Å². The number of hydrogen-bond acceptors (Lipinski definition) is 0. The molecular weight excluding hydrogens is 1180 g/mol. The fraction of sp³-hybridized carbons (Fsp3) is 0. The maximum Gasteiger partial charge on any atom is 2.00 e. The molecule has 12 rings (SSSR count). The predicted molar refractivity (Wildman–Crippen MR) is 341 cm³/mol. The van der Waals surface area contributed by atoms with E-state index in [4.69, 9.17) is 0 Å². The van der Waals surface area contributed by atoms with Crippen LogP contribution in [0.3, 0.4) is 0 Å². The molecule has 0 amide bonds. The first kappa shape index (κ1) is 56.3. The molecule has 0 radical (unpaired) electrons. The van der Waals surface area contributed by atoms with Gasteiger partial charge in [0.05, 0.1) is 0 Å². The Morgan fingerprint density at radius 3 is 0.234 bits per heavy atom. The van der Waals surface area contributed by atoms with Crippen molar-refractivity contribution in [2.45, 2.75) is 0 Å². The van der Waals surface area contributed by atoms with Crippen LogP contribution in [0, 0.1) is 0 Å². The van der Waals surface area contributed by atoms with E-state index in [2.05, 4.69) is 364 Å². The second kappa shape index (κ2) is 31.3. The van der Waals surface area contributed by atoms with Gasteiger partial charge in [-0.1, -0.05) is 364 Å². The summed E-state index contributed by atoms with van der Waals surface area (Å²) in [7, 11) is -1.78. The third-order valence-corrected chi connectivity index (χ3v) is 21.9. The standard InChI is InChI=1S/4C18H15P.Pt/c4*1-4-10-16(11-5-1)19(17-12-6-2-7-13-17)18-14-8-3-9-15-18;/h4*1-15H;/q;;;;+2. The monoisotopic (exact) mass is 1240 g/mol. The minimum absolute atomic E-state index is 0. The zero-order chi connectivity index (χ0) is 51.7. The van der Waals surface area contributed by atoms with Crippen molar-refractivity contribution in [3.05, 3.63) is 364 Å². The third-order valence-electron chi connectivity index (χ3n) is 12.2. The molecule has 12 aromatic carbocycles. The molecular formula is C72H60P4Pt+2. The van der Waals surface area contributed by atoms with Crippen LogP contribution in [0.4, 0.5) is 0 Å². The molecule has 0 saturated heterocycles. The van der Waals surface area contributed by atoms with Crippen LogP contribution in [-0.4, -0.2) is 0 Å². The van der Waals surface area contributed by atoms with E-state index in [1.165, 1.54) is 63.7 Å². The van der Waals surface area contributed by atoms with E-state index in [9.17, 15) is 0 Å². The van der Waals surface area contributed by atoms with Gasteiger partial charge in [0.15, 0.2) is 0 Å². The first-order chi connectivity index (χ1) is 37.8. The van der Waals surface area contributed by atoms with Crippen molar-refractivity contribution in [2.75, 3.05) is 0 Å². The molecule has 0 nitrogen and oxygen atoms in total. The molecule has 0 atom stereocenters. The van der Waals surface area contributed by atoms with Crippen molar-refractivity contribution in [2.24, 2.45) is 0 Å². The SMILES string of the molecule is [Pt+2].c1ccc(P(c2ccccc2)c2ccccc2)cc1.c1ccc(P(c2ccccc2)c2ccccc2)cc1.c1ccc(P(c2ccccc2)c2ccccc2)cc1.c1ccc(P(c2ccccc2)c2ccccc2)cc1. The van der Waals surface area contributed by atoms with Crippen LogP contribution in [0.25, 0.3) is 0 Å². The third kappa shape index (κ3) is 16.5. The summed E-state index contributed by atoms with van der Waals surface area (Å²) < 4.78 is 0. The molecule has 0 aliphatic rings. The van der Waals surface area contributed by atoms with Crippen LogP contribution in [0.5, 0.6) is 0 Å². The van der Waals surface area contributed by atoms with Gasteiger partial charge in [0.25, 0.3) is 0 Å². The van der Waals surface area contributed by atoms with Crippen LogP contribution in [0.1, 0.15) is 0 Å². The predicted octanol–water partition coefficient (Wildman–Crippen LogP) is 13.8. The van der Waals surface area contributed by atoms with Crippen molar-refractivity contribution in [3.8, 4) is 0 Å². The van der Waals surface area contributed by atoms with Gasteiger partial charge in [-0.25, -0.2) is 0 Å². The van der Waals surface area contributed by atoms with E-state index in [0.29, 0.717) is 0 Å². The molecule has 0 heterocycles. The molecule has 0 N–H and O–H groups in total. The van der Waals surface area contributed by atoms with Crippen LogP contribution in [0.15, 0.2) is 364 Å². The summed E-state index contributed by atoms with van der Waals surface area (Å²) in [5.74, 6) is 0. The smallest absolute Gasteiger partial charge is 0.0622 e. The van der Waals surface area contributed by atoms with Gasteiger partial charge < -0.3 is 0 Å². The summed E-state index contributed by atoms with van der Waals surface area (Å²) >= 11 is 0. The quantitative estimate of drug-likeness (QED) is 0.107. The van der Waals surface area contributed by atoms with Crippen molar-refractivity contribution >= 4 is 95.3 Å². The molecule has 0 saturated carbocycles. The van der Waals surface area contributed by atoms with Gasteiger partial charge in [-0.15, -0.1) is 0 Å². The summed E-state index contributed by atoms with van der Waals surface area (Å²) in [6.45, 7) is 0. The van der Waals surface area contributed by atoms with Gasteiger partial charge in [-0.2, -0.15) is 0 Å². The Labute approximate surface area is 476 Å². The zero-order valence-electron chi connectivity index (χ0n) is 42.7. The fourth-order valence-electron chi connectivity index (χ4n) is 8.71. The Balaban J connectivity index is 0.000000135. The van der Waals surface area contributed by atoms with E-state index in [0.717, 1.165) is 0 Å². The van der Waals surface area contributed by atoms with E-state index in [1.54, 1.807) is 0 Å². The Bertz CT molecular complexity index is 2580. The van der Waals surface area contributed by atoms with Gasteiger partial charge in [0.1, 0.15) is 0 Å². The van der Waals surface area contributed by atoms with Gasteiger partial charge in [-0.3, -0.25) is 0 Å². The van der Waals surface area contributed by atoms with Crippen molar-refractivity contribution in [3.63, 3.8) is 0 Å². The van der Waals surface area contributed by atoms with Gasteiger partial charge in [-0.05, 0) is 95.3 Å². The Morgan fingerprint density at radius 1 is 0.104 bits per heavy atom. The second-order valence-corrected chi connectivity index (χ2v) is 26.2. The molecule has 12 aromatic rings. The molecule has 77 heavy (non-hydrogen) atoms. The van der Waals surface area contributed by atoms with Crippen LogP contribution in [-0.2, 0) is 21.1 Å². The van der Waals surface area contributed by atoms with Crippen LogP contribution < -0.4 is 63.7 Å². The maximum absolute atomic E-state index is 2.23. The average Bonchev–Trinajstić information content (AvgIpc) is 3.51. The first-order valence-electron chi connectivity index (χ1n) is 25.6. The normalized spacial score (nSPS) is 10.4. The van der Waals surface area contributed by atoms with Gasteiger partial charge >= 0.3 is 21.1 Å². The summed E-state index contributed by atoms with van der Waals surface area (Å²) in [5.41, 5.74) is 0. The van der Waals surface area contributed by atoms with Crippen molar-refractivity contribution in [1.82, 2.24) is 0 Å². The summed E-state index contributed by atoms with van der Waals surface area (Å²) in [6, 6.07) is 129.